The highest BCUT2D eigenvalue weighted by molar-refractivity contribution is 7.88. The zero-order chi connectivity index (χ0) is 16.0. The van der Waals surface area contributed by atoms with Gasteiger partial charge in [-0.15, -0.1) is 0 Å². The smallest absolute Gasteiger partial charge is 0.239 e. The summed E-state index contributed by atoms with van der Waals surface area (Å²) in [6, 6.07) is 4.84. The number of hydrogen-bond donors (Lipinski definition) is 1. The van der Waals surface area contributed by atoms with E-state index in [4.69, 9.17) is 23.2 Å². The minimum atomic E-state index is -3.44. The van der Waals surface area contributed by atoms with Gasteiger partial charge < -0.3 is 5.32 Å². The Kier molecular flexibility index (Phi) is 6.93. The van der Waals surface area contributed by atoms with E-state index < -0.39 is 15.9 Å². The average molecular weight is 353 g/mol. The molecule has 0 fully saturated rings. The molecule has 0 radical (unpaired) electrons. The monoisotopic (exact) mass is 352 g/mol. The van der Waals surface area contributed by atoms with E-state index in [1.54, 1.807) is 18.2 Å². The SMILES string of the molecule is CCCCN(CC(=O)Nc1c(Cl)cccc1Cl)S(C)(=O)=O. The van der Waals surface area contributed by atoms with Crippen LogP contribution < -0.4 is 5.32 Å². The normalized spacial score (nSPS) is 11.7. The molecule has 0 bridgehead atoms. The summed E-state index contributed by atoms with van der Waals surface area (Å²) in [4.78, 5) is 12.0. The summed E-state index contributed by atoms with van der Waals surface area (Å²) in [6.45, 7) is 1.99. The molecule has 1 aromatic carbocycles. The van der Waals surface area contributed by atoms with Crippen molar-refractivity contribution in [1.29, 1.82) is 0 Å². The number of amides is 1. The van der Waals surface area contributed by atoms with Crippen molar-refractivity contribution in [2.45, 2.75) is 19.8 Å². The predicted octanol–water partition coefficient (Wildman–Crippen LogP) is 2.99. The van der Waals surface area contributed by atoms with Crippen LogP contribution in [-0.2, 0) is 14.8 Å². The molecule has 0 aliphatic rings. The van der Waals surface area contributed by atoms with Crippen LogP contribution in [0.15, 0.2) is 18.2 Å². The maximum absolute atomic E-state index is 12.0. The van der Waals surface area contributed by atoms with Gasteiger partial charge in [0.1, 0.15) is 0 Å². The van der Waals surface area contributed by atoms with Crippen molar-refractivity contribution in [3.8, 4) is 0 Å². The maximum Gasteiger partial charge on any atom is 0.239 e. The second-order valence-corrected chi connectivity index (χ2v) is 7.39. The van der Waals surface area contributed by atoms with Crippen LogP contribution in [0.25, 0.3) is 0 Å². The van der Waals surface area contributed by atoms with Gasteiger partial charge in [-0.3, -0.25) is 4.79 Å². The van der Waals surface area contributed by atoms with Gasteiger partial charge >= 0.3 is 0 Å². The van der Waals surface area contributed by atoms with Crippen molar-refractivity contribution in [1.82, 2.24) is 4.31 Å². The summed E-state index contributed by atoms with van der Waals surface area (Å²) >= 11 is 11.9. The van der Waals surface area contributed by atoms with Crippen molar-refractivity contribution in [3.63, 3.8) is 0 Å². The molecule has 1 amide bonds. The number of halogens is 2. The van der Waals surface area contributed by atoms with Crippen LogP contribution in [0, 0.1) is 0 Å². The summed E-state index contributed by atoms with van der Waals surface area (Å²) in [5, 5.41) is 3.15. The summed E-state index contributed by atoms with van der Waals surface area (Å²) in [5.41, 5.74) is 0.287. The van der Waals surface area contributed by atoms with Crippen LogP contribution in [0.5, 0.6) is 0 Å². The maximum atomic E-state index is 12.0. The van der Waals surface area contributed by atoms with Crippen molar-refractivity contribution < 1.29 is 13.2 Å². The highest BCUT2D eigenvalue weighted by atomic mass is 35.5. The molecule has 118 valence electrons. The second-order valence-electron chi connectivity index (χ2n) is 4.59. The Labute approximate surface area is 135 Å². The molecule has 0 saturated heterocycles. The van der Waals surface area contributed by atoms with Gasteiger partial charge in [0.25, 0.3) is 0 Å². The largest absolute Gasteiger partial charge is 0.322 e. The number of carbonyl (C=O) groups is 1. The fourth-order valence-corrected chi connectivity index (χ4v) is 2.96. The highest BCUT2D eigenvalue weighted by Gasteiger charge is 2.20. The molecule has 0 spiro atoms. The van der Waals surface area contributed by atoms with E-state index in [9.17, 15) is 13.2 Å². The molecule has 0 atom stereocenters. The Morgan fingerprint density at radius 3 is 2.33 bits per heavy atom. The summed E-state index contributed by atoms with van der Waals surface area (Å²) in [7, 11) is -3.44. The predicted molar refractivity (Wildman–Crippen MR) is 86.4 cm³/mol. The van der Waals surface area contributed by atoms with Crippen LogP contribution in [-0.4, -0.2) is 38.0 Å². The Hall–Kier alpha value is -0.820. The number of sulfonamides is 1. The lowest BCUT2D eigenvalue weighted by Gasteiger charge is -2.19. The highest BCUT2D eigenvalue weighted by Crippen LogP contribution is 2.29. The van der Waals surface area contributed by atoms with E-state index in [0.717, 1.165) is 17.0 Å². The van der Waals surface area contributed by atoms with Gasteiger partial charge in [0, 0.05) is 6.54 Å². The van der Waals surface area contributed by atoms with E-state index in [0.29, 0.717) is 23.0 Å². The first-order valence-corrected chi connectivity index (χ1v) is 9.05. The molecule has 0 heterocycles. The van der Waals surface area contributed by atoms with Crippen LogP contribution in [0.2, 0.25) is 10.0 Å². The molecular weight excluding hydrogens is 335 g/mol. The van der Waals surface area contributed by atoms with E-state index in [2.05, 4.69) is 5.32 Å². The number of hydrogen-bond acceptors (Lipinski definition) is 3. The third-order valence-electron chi connectivity index (χ3n) is 2.78. The Morgan fingerprint density at radius 2 is 1.86 bits per heavy atom. The van der Waals surface area contributed by atoms with Crippen LogP contribution in [0.3, 0.4) is 0 Å². The minimum absolute atomic E-state index is 0.264. The summed E-state index contributed by atoms with van der Waals surface area (Å²) < 4.78 is 24.4. The molecule has 0 saturated carbocycles. The zero-order valence-electron chi connectivity index (χ0n) is 11.9. The van der Waals surface area contributed by atoms with Gasteiger partial charge in [-0.1, -0.05) is 42.6 Å². The van der Waals surface area contributed by atoms with Gasteiger partial charge in [0.05, 0.1) is 28.5 Å². The second kappa shape index (κ2) is 7.98. The van der Waals surface area contributed by atoms with Crippen molar-refractivity contribution in [3.05, 3.63) is 28.2 Å². The van der Waals surface area contributed by atoms with Crippen LogP contribution in [0.1, 0.15) is 19.8 Å². The number of unbranched alkanes of at least 4 members (excludes halogenated alkanes) is 1. The van der Waals surface area contributed by atoms with Gasteiger partial charge in [0.15, 0.2) is 0 Å². The van der Waals surface area contributed by atoms with Gasteiger partial charge in [-0.05, 0) is 18.6 Å². The van der Waals surface area contributed by atoms with Crippen molar-refractivity contribution in [2.24, 2.45) is 0 Å². The number of rotatable bonds is 7. The quantitative estimate of drug-likeness (QED) is 0.820. The van der Waals surface area contributed by atoms with Gasteiger partial charge in [-0.25, -0.2) is 8.42 Å². The molecule has 0 aliphatic heterocycles. The standard InChI is InChI=1S/C13H18Cl2N2O3S/c1-3-4-8-17(21(2,19)20)9-12(18)16-13-10(14)6-5-7-11(13)15/h5-7H,3-4,8-9H2,1-2H3,(H,16,18). The number of carbonyl (C=O) groups excluding carboxylic acids is 1. The zero-order valence-corrected chi connectivity index (χ0v) is 14.2. The Morgan fingerprint density at radius 1 is 1.29 bits per heavy atom. The number of anilines is 1. The third kappa shape index (κ3) is 5.82. The average Bonchev–Trinajstić information content (AvgIpc) is 2.37. The molecule has 8 heteroatoms. The van der Waals surface area contributed by atoms with Gasteiger partial charge in [-0.2, -0.15) is 4.31 Å². The first-order chi connectivity index (χ1) is 9.75. The van der Waals surface area contributed by atoms with Crippen LogP contribution in [0.4, 0.5) is 5.69 Å². The molecule has 0 aromatic heterocycles. The number of nitrogens with zero attached hydrogens (tertiary/aromatic N) is 1. The number of nitrogens with one attached hydrogen (secondary N) is 1. The topological polar surface area (TPSA) is 66.5 Å². The van der Waals surface area contributed by atoms with E-state index in [-0.39, 0.29) is 12.2 Å². The minimum Gasteiger partial charge on any atom is -0.322 e. The summed E-state index contributed by atoms with van der Waals surface area (Å²) in [5.74, 6) is -0.480. The molecule has 1 aromatic rings. The molecule has 21 heavy (non-hydrogen) atoms. The first kappa shape index (κ1) is 18.2. The van der Waals surface area contributed by atoms with E-state index in [1.165, 1.54) is 0 Å². The van der Waals surface area contributed by atoms with Crippen molar-refractivity contribution in [2.75, 3.05) is 24.7 Å². The molecule has 1 rings (SSSR count). The molecule has 5 nitrogen and oxygen atoms in total. The van der Waals surface area contributed by atoms with Gasteiger partial charge in [0.2, 0.25) is 15.9 Å². The Bertz CT molecular complexity index is 585. The lowest BCUT2D eigenvalue weighted by molar-refractivity contribution is -0.116. The van der Waals surface area contributed by atoms with E-state index in [1.807, 2.05) is 6.92 Å². The number of benzene rings is 1. The fraction of sp³-hybridized carbons (Fsp3) is 0.462. The fourth-order valence-electron chi connectivity index (χ4n) is 1.65. The Balaban J connectivity index is 2.79. The lowest BCUT2D eigenvalue weighted by atomic mass is 10.3. The van der Waals surface area contributed by atoms with Crippen LogP contribution >= 0.6 is 23.2 Å². The molecular formula is C13H18Cl2N2O3S. The molecule has 0 unspecified atom stereocenters. The molecule has 0 aliphatic carbocycles. The molecule has 1 N–H and O–H groups in total. The first-order valence-electron chi connectivity index (χ1n) is 6.44. The summed E-state index contributed by atoms with van der Waals surface area (Å²) in [6.07, 6.45) is 2.61. The third-order valence-corrected chi connectivity index (χ3v) is 4.66. The van der Waals surface area contributed by atoms with Crippen molar-refractivity contribution >= 4 is 44.8 Å². The van der Waals surface area contributed by atoms with E-state index >= 15 is 0 Å². The lowest BCUT2D eigenvalue weighted by Crippen LogP contribution is -2.38. The number of para-hydroxylation sites is 1.